The minimum atomic E-state index is -0.142. The van der Waals surface area contributed by atoms with Gasteiger partial charge in [-0.05, 0) is 19.1 Å². The van der Waals surface area contributed by atoms with Crippen molar-refractivity contribution in [3.8, 4) is 0 Å². The summed E-state index contributed by atoms with van der Waals surface area (Å²) in [7, 11) is 0. The SMILES string of the molecule is CC(NC(=O)CCN1CCSC1=O)c1ccco1. The number of rotatable bonds is 5. The Morgan fingerprint density at radius 1 is 1.67 bits per heavy atom. The van der Waals surface area contributed by atoms with E-state index in [1.807, 2.05) is 13.0 Å². The molecule has 0 aliphatic carbocycles. The summed E-state index contributed by atoms with van der Waals surface area (Å²) in [6, 6.07) is 3.47. The maximum atomic E-state index is 11.7. The van der Waals surface area contributed by atoms with Gasteiger partial charge in [0.05, 0.1) is 12.3 Å². The first kappa shape index (κ1) is 13.0. The topological polar surface area (TPSA) is 62.6 Å². The molecule has 0 aromatic carbocycles. The Balaban J connectivity index is 1.73. The Hall–Kier alpha value is -1.43. The van der Waals surface area contributed by atoms with Gasteiger partial charge in [0.2, 0.25) is 5.91 Å². The van der Waals surface area contributed by atoms with E-state index >= 15 is 0 Å². The smallest absolute Gasteiger partial charge is 0.281 e. The Bertz CT molecular complexity index is 419. The van der Waals surface area contributed by atoms with Gasteiger partial charge in [-0.25, -0.2) is 0 Å². The number of carbonyl (C=O) groups is 2. The third-order valence-electron chi connectivity index (χ3n) is 2.80. The molecule has 1 aromatic rings. The molecule has 0 saturated carbocycles. The molecule has 6 heteroatoms. The Kier molecular flexibility index (Phi) is 4.30. The van der Waals surface area contributed by atoms with E-state index in [2.05, 4.69) is 5.32 Å². The first-order valence-electron chi connectivity index (χ1n) is 5.91. The van der Waals surface area contributed by atoms with Gasteiger partial charge in [0.25, 0.3) is 5.24 Å². The summed E-state index contributed by atoms with van der Waals surface area (Å²) in [6.07, 6.45) is 1.91. The van der Waals surface area contributed by atoms with E-state index in [9.17, 15) is 9.59 Å². The van der Waals surface area contributed by atoms with E-state index < -0.39 is 0 Å². The number of carbonyl (C=O) groups excluding carboxylic acids is 2. The quantitative estimate of drug-likeness (QED) is 0.887. The van der Waals surface area contributed by atoms with Crippen LogP contribution in [0.4, 0.5) is 4.79 Å². The maximum Gasteiger partial charge on any atom is 0.281 e. The molecular formula is C12H16N2O3S. The van der Waals surface area contributed by atoms with Gasteiger partial charge in [-0.3, -0.25) is 9.59 Å². The van der Waals surface area contributed by atoms with Gasteiger partial charge < -0.3 is 14.6 Å². The van der Waals surface area contributed by atoms with Crippen LogP contribution in [0.3, 0.4) is 0 Å². The molecule has 1 aliphatic rings. The van der Waals surface area contributed by atoms with Crippen molar-refractivity contribution in [1.29, 1.82) is 0 Å². The first-order valence-corrected chi connectivity index (χ1v) is 6.90. The molecule has 1 aromatic heterocycles. The zero-order chi connectivity index (χ0) is 13.0. The molecule has 98 valence electrons. The van der Waals surface area contributed by atoms with Crippen molar-refractivity contribution in [1.82, 2.24) is 10.2 Å². The van der Waals surface area contributed by atoms with E-state index in [0.29, 0.717) is 13.0 Å². The number of furan rings is 1. The summed E-state index contributed by atoms with van der Waals surface area (Å²) < 4.78 is 5.21. The van der Waals surface area contributed by atoms with E-state index in [4.69, 9.17) is 4.42 Å². The molecular weight excluding hydrogens is 252 g/mol. The van der Waals surface area contributed by atoms with Gasteiger partial charge in [-0.2, -0.15) is 0 Å². The monoisotopic (exact) mass is 268 g/mol. The molecule has 1 N–H and O–H groups in total. The summed E-state index contributed by atoms with van der Waals surface area (Å²) in [5.74, 6) is 1.49. The number of thioether (sulfide) groups is 1. The molecule has 1 atom stereocenters. The van der Waals surface area contributed by atoms with Crippen LogP contribution in [-0.4, -0.2) is 34.9 Å². The van der Waals surface area contributed by atoms with Crippen molar-refractivity contribution < 1.29 is 14.0 Å². The molecule has 18 heavy (non-hydrogen) atoms. The van der Waals surface area contributed by atoms with E-state index in [1.54, 1.807) is 17.2 Å². The highest BCUT2D eigenvalue weighted by atomic mass is 32.2. The molecule has 5 nitrogen and oxygen atoms in total. The Labute approximate surface area is 110 Å². The van der Waals surface area contributed by atoms with Crippen LogP contribution >= 0.6 is 11.8 Å². The largest absolute Gasteiger partial charge is 0.467 e. The molecule has 1 aliphatic heterocycles. The Morgan fingerprint density at radius 2 is 2.50 bits per heavy atom. The lowest BCUT2D eigenvalue weighted by Gasteiger charge is -2.15. The highest BCUT2D eigenvalue weighted by Gasteiger charge is 2.21. The second kappa shape index (κ2) is 5.95. The Morgan fingerprint density at radius 3 is 3.11 bits per heavy atom. The number of hydrogen-bond donors (Lipinski definition) is 1. The van der Waals surface area contributed by atoms with Crippen LogP contribution in [0, 0.1) is 0 Å². The second-order valence-corrected chi connectivity index (χ2v) is 5.20. The van der Waals surface area contributed by atoms with Gasteiger partial charge in [0.1, 0.15) is 5.76 Å². The van der Waals surface area contributed by atoms with Crippen LogP contribution in [0.25, 0.3) is 0 Å². The van der Waals surface area contributed by atoms with Crippen molar-refractivity contribution in [2.45, 2.75) is 19.4 Å². The predicted octanol–water partition coefficient (Wildman–Crippen LogP) is 2.02. The number of nitrogens with one attached hydrogen (secondary N) is 1. The highest BCUT2D eigenvalue weighted by molar-refractivity contribution is 8.13. The van der Waals surface area contributed by atoms with Gasteiger partial charge in [0, 0.05) is 25.3 Å². The summed E-state index contributed by atoms with van der Waals surface area (Å²) >= 11 is 1.31. The van der Waals surface area contributed by atoms with Crippen molar-refractivity contribution in [2.75, 3.05) is 18.8 Å². The van der Waals surface area contributed by atoms with Crippen LogP contribution in [0.1, 0.15) is 25.1 Å². The number of hydrogen-bond acceptors (Lipinski definition) is 4. The molecule has 2 heterocycles. The normalized spacial score (nSPS) is 16.9. The summed E-state index contributed by atoms with van der Waals surface area (Å²) in [6.45, 7) is 3.10. The lowest BCUT2D eigenvalue weighted by Crippen LogP contribution is -2.32. The summed E-state index contributed by atoms with van der Waals surface area (Å²) in [4.78, 5) is 24.8. The third-order valence-corrected chi connectivity index (χ3v) is 3.69. The molecule has 2 rings (SSSR count). The van der Waals surface area contributed by atoms with Crippen molar-refractivity contribution in [3.63, 3.8) is 0 Å². The second-order valence-electron chi connectivity index (χ2n) is 4.16. The lowest BCUT2D eigenvalue weighted by molar-refractivity contribution is -0.122. The van der Waals surface area contributed by atoms with Gasteiger partial charge in [-0.1, -0.05) is 11.8 Å². The third kappa shape index (κ3) is 3.29. The molecule has 2 amide bonds. The molecule has 0 radical (unpaired) electrons. The van der Waals surface area contributed by atoms with Crippen molar-refractivity contribution in [3.05, 3.63) is 24.2 Å². The zero-order valence-corrected chi connectivity index (χ0v) is 11.0. The molecule has 1 fully saturated rings. The molecule has 0 spiro atoms. The highest BCUT2D eigenvalue weighted by Crippen LogP contribution is 2.17. The van der Waals surface area contributed by atoms with Crippen LogP contribution < -0.4 is 5.32 Å². The fourth-order valence-corrected chi connectivity index (χ4v) is 2.64. The van der Waals surface area contributed by atoms with Crippen LogP contribution in [0.15, 0.2) is 22.8 Å². The van der Waals surface area contributed by atoms with E-state index in [-0.39, 0.29) is 17.2 Å². The maximum absolute atomic E-state index is 11.7. The minimum Gasteiger partial charge on any atom is -0.467 e. The van der Waals surface area contributed by atoms with Crippen molar-refractivity contribution in [2.24, 2.45) is 0 Å². The molecule has 1 saturated heterocycles. The standard InChI is InChI=1S/C12H16N2O3S/c1-9(10-3-2-7-17-10)13-11(15)4-5-14-6-8-18-12(14)16/h2-3,7,9H,4-6,8H2,1H3,(H,13,15). The zero-order valence-electron chi connectivity index (χ0n) is 10.2. The first-order chi connectivity index (χ1) is 8.66. The fourth-order valence-electron chi connectivity index (χ4n) is 1.79. The van der Waals surface area contributed by atoms with Gasteiger partial charge >= 0.3 is 0 Å². The average molecular weight is 268 g/mol. The predicted molar refractivity (Wildman–Crippen MR) is 69.3 cm³/mol. The van der Waals surface area contributed by atoms with Crippen LogP contribution in [0.2, 0.25) is 0 Å². The fraction of sp³-hybridized carbons (Fsp3) is 0.500. The molecule has 1 unspecified atom stereocenters. The van der Waals surface area contributed by atoms with Crippen LogP contribution in [0.5, 0.6) is 0 Å². The average Bonchev–Trinajstić information content (AvgIpc) is 2.97. The van der Waals surface area contributed by atoms with Gasteiger partial charge in [0.15, 0.2) is 0 Å². The van der Waals surface area contributed by atoms with E-state index in [1.165, 1.54) is 11.8 Å². The minimum absolute atomic E-state index is 0.0661. The van der Waals surface area contributed by atoms with E-state index in [0.717, 1.165) is 18.1 Å². The van der Waals surface area contributed by atoms with Crippen molar-refractivity contribution >= 4 is 22.9 Å². The number of amides is 2. The summed E-state index contributed by atoms with van der Waals surface area (Å²) in [5, 5.41) is 2.91. The lowest BCUT2D eigenvalue weighted by atomic mass is 10.2. The summed E-state index contributed by atoms with van der Waals surface area (Å²) in [5.41, 5.74) is 0. The molecule has 0 bridgehead atoms. The van der Waals surface area contributed by atoms with Crippen LogP contribution in [-0.2, 0) is 4.79 Å². The van der Waals surface area contributed by atoms with Gasteiger partial charge in [-0.15, -0.1) is 0 Å². The number of nitrogens with zero attached hydrogens (tertiary/aromatic N) is 1.